The minimum Gasteiger partial charge on any atom is -0.497 e. The Morgan fingerprint density at radius 2 is 1.96 bits per heavy atom. The Labute approximate surface area is 147 Å². The maximum absolute atomic E-state index is 13.4. The van der Waals surface area contributed by atoms with Crippen LogP contribution in [0.2, 0.25) is 0 Å². The van der Waals surface area contributed by atoms with Gasteiger partial charge in [0.1, 0.15) is 5.75 Å². The van der Waals surface area contributed by atoms with E-state index in [1.807, 2.05) is 0 Å². The van der Waals surface area contributed by atoms with Crippen LogP contribution in [0.25, 0.3) is 16.6 Å². The molecule has 3 aromatic rings. The summed E-state index contributed by atoms with van der Waals surface area (Å²) in [5, 5.41) is 4.11. The number of ether oxygens (including phenoxy) is 2. The van der Waals surface area contributed by atoms with Gasteiger partial charge in [0.05, 0.1) is 37.9 Å². The van der Waals surface area contributed by atoms with Gasteiger partial charge in [-0.25, -0.2) is 4.52 Å². The molecular weight excluding hydrogens is 349 g/mol. The number of carbonyl (C=O) groups excluding carboxylic acids is 1. The number of hydrogen-bond acceptors (Lipinski definition) is 4. The van der Waals surface area contributed by atoms with Gasteiger partial charge in [0.25, 0.3) is 0 Å². The van der Waals surface area contributed by atoms with Crippen molar-refractivity contribution in [3.05, 3.63) is 53.9 Å². The molecule has 0 fully saturated rings. The molecule has 0 amide bonds. The van der Waals surface area contributed by atoms with E-state index in [0.29, 0.717) is 22.4 Å². The first-order valence-electron chi connectivity index (χ1n) is 7.62. The molecule has 0 radical (unpaired) electrons. The zero-order chi connectivity index (χ0) is 18.9. The van der Waals surface area contributed by atoms with Crippen molar-refractivity contribution >= 4 is 11.5 Å². The molecule has 0 N–H and O–H groups in total. The van der Waals surface area contributed by atoms with Gasteiger partial charge in [-0.3, -0.25) is 4.79 Å². The Hall–Kier alpha value is -3.03. The molecule has 0 aliphatic rings. The van der Waals surface area contributed by atoms with E-state index in [1.54, 1.807) is 12.3 Å². The van der Waals surface area contributed by atoms with Crippen molar-refractivity contribution in [2.45, 2.75) is 12.6 Å². The summed E-state index contributed by atoms with van der Waals surface area (Å²) in [6, 6.07) is 6.70. The average molecular weight is 364 g/mol. The van der Waals surface area contributed by atoms with Gasteiger partial charge in [-0.05, 0) is 41.5 Å². The highest BCUT2D eigenvalue weighted by Crippen LogP contribution is 2.39. The number of halogens is 3. The number of aromatic nitrogens is 2. The van der Waals surface area contributed by atoms with Gasteiger partial charge >= 0.3 is 12.1 Å². The number of alkyl halides is 3. The van der Waals surface area contributed by atoms with Crippen LogP contribution in [0.3, 0.4) is 0 Å². The highest BCUT2D eigenvalue weighted by molar-refractivity contribution is 5.79. The molecule has 0 unspecified atom stereocenters. The lowest BCUT2D eigenvalue weighted by Crippen LogP contribution is -2.07. The zero-order valence-corrected chi connectivity index (χ0v) is 14.0. The van der Waals surface area contributed by atoms with Gasteiger partial charge < -0.3 is 9.47 Å². The van der Waals surface area contributed by atoms with Crippen LogP contribution in [0.15, 0.2) is 42.7 Å². The molecule has 136 valence electrons. The van der Waals surface area contributed by atoms with E-state index in [2.05, 4.69) is 9.84 Å². The number of nitrogens with zero attached hydrogens (tertiary/aromatic N) is 2. The summed E-state index contributed by atoms with van der Waals surface area (Å²) in [5.74, 6) is -0.140. The number of pyridine rings is 1. The Bertz CT molecular complexity index is 964. The first-order chi connectivity index (χ1) is 12.3. The average Bonchev–Trinajstić information content (AvgIpc) is 3.02. The standard InChI is InChI=1S/C18H15F3N2O3/c1-25-13-3-4-15(18(19,20)21)14(9-13)11-5-6-23-16(7-11)12(10-22-23)8-17(24)26-2/h3-7,9-10H,8H2,1-2H3. The van der Waals surface area contributed by atoms with Crippen molar-refractivity contribution < 1.29 is 27.4 Å². The SMILES string of the molecule is COC(=O)Cc1cnn2ccc(-c3cc(OC)ccc3C(F)(F)F)cc12. The van der Waals surface area contributed by atoms with Crippen LogP contribution in [0, 0.1) is 0 Å². The fourth-order valence-corrected chi connectivity index (χ4v) is 2.70. The second kappa shape index (κ2) is 6.70. The molecule has 0 saturated heterocycles. The highest BCUT2D eigenvalue weighted by Gasteiger charge is 2.34. The zero-order valence-electron chi connectivity index (χ0n) is 14.0. The Morgan fingerprint density at radius 1 is 1.19 bits per heavy atom. The van der Waals surface area contributed by atoms with Gasteiger partial charge in [0.15, 0.2) is 0 Å². The highest BCUT2D eigenvalue weighted by atomic mass is 19.4. The summed E-state index contributed by atoms with van der Waals surface area (Å²) in [4.78, 5) is 11.5. The van der Waals surface area contributed by atoms with Crippen LogP contribution < -0.4 is 4.74 Å². The normalized spacial score (nSPS) is 11.6. The quantitative estimate of drug-likeness (QED) is 0.662. The van der Waals surface area contributed by atoms with Gasteiger partial charge in [-0.1, -0.05) is 0 Å². The van der Waals surface area contributed by atoms with Gasteiger partial charge in [-0.15, -0.1) is 0 Å². The van der Waals surface area contributed by atoms with Crippen molar-refractivity contribution in [2.24, 2.45) is 0 Å². The van der Waals surface area contributed by atoms with Crippen molar-refractivity contribution in [1.82, 2.24) is 9.61 Å². The van der Waals surface area contributed by atoms with Gasteiger partial charge in [0, 0.05) is 11.8 Å². The molecule has 5 nitrogen and oxygen atoms in total. The summed E-state index contributed by atoms with van der Waals surface area (Å²) in [7, 11) is 2.66. The van der Waals surface area contributed by atoms with Crippen LogP contribution in [0.1, 0.15) is 11.1 Å². The Balaban J connectivity index is 2.16. The maximum Gasteiger partial charge on any atom is 0.417 e. The Morgan fingerprint density at radius 3 is 2.62 bits per heavy atom. The molecule has 2 aromatic heterocycles. The van der Waals surface area contributed by atoms with Crippen molar-refractivity contribution in [1.29, 1.82) is 0 Å². The van der Waals surface area contributed by atoms with E-state index in [-0.39, 0.29) is 12.0 Å². The molecule has 0 aliphatic carbocycles. The van der Waals surface area contributed by atoms with Crippen molar-refractivity contribution in [3.8, 4) is 16.9 Å². The maximum atomic E-state index is 13.4. The number of hydrogen-bond donors (Lipinski definition) is 0. The number of esters is 1. The van der Waals surface area contributed by atoms with Crippen LogP contribution in [-0.4, -0.2) is 29.8 Å². The minimum absolute atomic E-state index is 0.00966. The molecule has 0 atom stereocenters. The number of fused-ring (bicyclic) bond motifs is 1. The second-order valence-corrected chi connectivity index (χ2v) is 5.58. The van der Waals surface area contributed by atoms with Crippen LogP contribution in [0.4, 0.5) is 13.2 Å². The van der Waals surface area contributed by atoms with Crippen molar-refractivity contribution in [2.75, 3.05) is 14.2 Å². The third kappa shape index (κ3) is 3.35. The molecule has 0 spiro atoms. The first-order valence-corrected chi connectivity index (χ1v) is 7.62. The molecule has 1 aromatic carbocycles. The second-order valence-electron chi connectivity index (χ2n) is 5.58. The van der Waals surface area contributed by atoms with Crippen molar-refractivity contribution in [3.63, 3.8) is 0 Å². The van der Waals surface area contributed by atoms with E-state index < -0.39 is 17.7 Å². The lowest BCUT2D eigenvalue weighted by Gasteiger charge is -2.14. The fourth-order valence-electron chi connectivity index (χ4n) is 2.70. The minimum atomic E-state index is -4.51. The largest absolute Gasteiger partial charge is 0.497 e. The third-order valence-electron chi connectivity index (χ3n) is 4.01. The topological polar surface area (TPSA) is 52.8 Å². The smallest absolute Gasteiger partial charge is 0.417 e. The predicted octanol–water partition coefficient (Wildman–Crippen LogP) is 3.74. The van der Waals surface area contributed by atoms with E-state index in [4.69, 9.17) is 4.74 Å². The molecular formula is C18H15F3N2O3. The molecule has 8 heteroatoms. The third-order valence-corrected chi connectivity index (χ3v) is 4.01. The predicted molar refractivity (Wildman–Crippen MR) is 87.9 cm³/mol. The van der Waals surface area contributed by atoms with E-state index in [9.17, 15) is 18.0 Å². The monoisotopic (exact) mass is 364 g/mol. The fraction of sp³-hybridized carbons (Fsp3) is 0.222. The van der Waals surface area contributed by atoms with E-state index in [0.717, 1.165) is 6.07 Å². The lowest BCUT2D eigenvalue weighted by molar-refractivity contribution is -0.140. The van der Waals surface area contributed by atoms with Crippen LogP contribution in [-0.2, 0) is 22.1 Å². The molecule has 26 heavy (non-hydrogen) atoms. The summed E-state index contributed by atoms with van der Waals surface area (Å²) >= 11 is 0. The van der Waals surface area contributed by atoms with Crippen LogP contribution in [0.5, 0.6) is 5.75 Å². The lowest BCUT2D eigenvalue weighted by atomic mass is 9.99. The summed E-state index contributed by atoms with van der Waals surface area (Å²) in [6.45, 7) is 0. The van der Waals surface area contributed by atoms with E-state index in [1.165, 1.54) is 43.1 Å². The van der Waals surface area contributed by atoms with Gasteiger partial charge in [0.2, 0.25) is 0 Å². The summed E-state index contributed by atoms with van der Waals surface area (Å²) in [6.07, 6.45) is -1.49. The number of carbonyl (C=O) groups is 1. The summed E-state index contributed by atoms with van der Waals surface area (Å²) < 4.78 is 51.4. The van der Waals surface area contributed by atoms with Gasteiger partial charge in [-0.2, -0.15) is 18.3 Å². The molecule has 0 bridgehead atoms. The first kappa shape index (κ1) is 17.8. The number of methoxy groups -OCH3 is 2. The summed E-state index contributed by atoms with van der Waals surface area (Å²) in [5.41, 5.74) is 0.663. The molecule has 2 heterocycles. The molecule has 0 saturated carbocycles. The molecule has 0 aliphatic heterocycles. The van der Waals surface area contributed by atoms with Crippen LogP contribution >= 0.6 is 0 Å². The number of rotatable bonds is 4. The van der Waals surface area contributed by atoms with E-state index >= 15 is 0 Å². The Kier molecular flexibility index (Phi) is 4.58. The number of benzene rings is 1. The molecule has 3 rings (SSSR count).